The van der Waals surface area contributed by atoms with E-state index in [0.29, 0.717) is 6.42 Å². The van der Waals surface area contributed by atoms with Gasteiger partial charge in [0.2, 0.25) is 5.91 Å². The quantitative estimate of drug-likeness (QED) is 0.736. The molecule has 1 heterocycles. The monoisotopic (exact) mass is 242 g/mol. The van der Waals surface area contributed by atoms with Gasteiger partial charge in [0.15, 0.2) is 0 Å². The maximum atomic E-state index is 12.0. The second-order valence-corrected chi connectivity index (χ2v) is 4.94. The van der Waals surface area contributed by atoms with Crippen LogP contribution < -0.4 is 5.73 Å². The van der Waals surface area contributed by atoms with Crippen molar-refractivity contribution in [3.63, 3.8) is 0 Å². The van der Waals surface area contributed by atoms with Crippen molar-refractivity contribution in [1.29, 1.82) is 0 Å². The number of hydrogen-bond acceptors (Lipinski definition) is 3. The molecule has 17 heavy (non-hydrogen) atoms. The third-order valence-electron chi connectivity index (χ3n) is 3.23. The molecule has 2 unspecified atom stereocenters. The molecule has 4 nitrogen and oxygen atoms in total. The SMILES string of the molecule is CCN(CC1CCCO1)C(=O)CCCC(C)N. The van der Waals surface area contributed by atoms with Crippen LogP contribution in [-0.2, 0) is 9.53 Å². The highest BCUT2D eigenvalue weighted by molar-refractivity contribution is 5.76. The van der Waals surface area contributed by atoms with Gasteiger partial charge in [0.25, 0.3) is 0 Å². The van der Waals surface area contributed by atoms with Crippen molar-refractivity contribution in [2.24, 2.45) is 5.73 Å². The van der Waals surface area contributed by atoms with E-state index in [1.807, 2.05) is 18.7 Å². The van der Waals surface area contributed by atoms with Crippen molar-refractivity contribution in [2.45, 2.75) is 58.1 Å². The summed E-state index contributed by atoms with van der Waals surface area (Å²) in [6.45, 7) is 6.39. The number of nitrogens with two attached hydrogens (primary N) is 1. The Kier molecular flexibility index (Phi) is 6.52. The molecule has 0 aromatic rings. The summed E-state index contributed by atoms with van der Waals surface area (Å²) in [6.07, 6.45) is 4.89. The van der Waals surface area contributed by atoms with Crippen molar-refractivity contribution in [1.82, 2.24) is 4.90 Å². The largest absolute Gasteiger partial charge is 0.376 e. The van der Waals surface area contributed by atoms with E-state index < -0.39 is 0 Å². The van der Waals surface area contributed by atoms with Crippen LogP contribution in [0.4, 0.5) is 0 Å². The molecule has 1 saturated heterocycles. The van der Waals surface area contributed by atoms with Gasteiger partial charge in [0.05, 0.1) is 6.10 Å². The molecule has 0 saturated carbocycles. The molecule has 2 atom stereocenters. The molecular formula is C13H26N2O2. The summed E-state index contributed by atoms with van der Waals surface area (Å²) in [7, 11) is 0. The molecule has 1 rings (SSSR count). The molecule has 0 aromatic heterocycles. The highest BCUT2D eigenvalue weighted by Gasteiger charge is 2.21. The molecule has 0 spiro atoms. The minimum Gasteiger partial charge on any atom is -0.376 e. The molecule has 100 valence electrons. The summed E-state index contributed by atoms with van der Waals surface area (Å²) in [6, 6.07) is 0.191. The predicted molar refractivity (Wildman–Crippen MR) is 68.7 cm³/mol. The van der Waals surface area contributed by atoms with Gasteiger partial charge in [0, 0.05) is 32.2 Å². The molecule has 0 aliphatic carbocycles. The number of likely N-dealkylation sites (N-methyl/N-ethyl adjacent to an activating group) is 1. The number of carbonyl (C=O) groups excluding carboxylic acids is 1. The standard InChI is InChI=1S/C13H26N2O2/c1-3-15(10-12-7-5-9-17-12)13(16)8-4-6-11(2)14/h11-12H,3-10,14H2,1-2H3. The summed E-state index contributed by atoms with van der Waals surface area (Å²) >= 11 is 0. The third kappa shape index (κ3) is 5.50. The topological polar surface area (TPSA) is 55.6 Å². The second kappa shape index (κ2) is 7.67. The zero-order valence-corrected chi connectivity index (χ0v) is 11.2. The fourth-order valence-electron chi connectivity index (χ4n) is 2.17. The first-order valence-electron chi connectivity index (χ1n) is 6.78. The molecule has 2 N–H and O–H groups in total. The highest BCUT2D eigenvalue weighted by atomic mass is 16.5. The molecule has 1 aliphatic rings. The summed E-state index contributed by atoms with van der Waals surface area (Å²) in [4.78, 5) is 13.9. The summed E-state index contributed by atoms with van der Waals surface area (Å²) < 4.78 is 5.56. The Morgan fingerprint density at radius 3 is 2.88 bits per heavy atom. The van der Waals surface area contributed by atoms with Crippen LogP contribution in [0.25, 0.3) is 0 Å². The van der Waals surface area contributed by atoms with Gasteiger partial charge in [-0.1, -0.05) is 0 Å². The van der Waals surface area contributed by atoms with Crippen molar-refractivity contribution in [3.8, 4) is 0 Å². The average molecular weight is 242 g/mol. The van der Waals surface area contributed by atoms with Crippen LogP contribution in [0.2, 0.25) is 0 Å². The third-order valence-corrected chi connectivity index (χ3v) is 3.23. The number of rotatable bonds is 7. The molecular weight excluding hydrogens is 216 g/mol. The van der Waals surface area contributed by atoms with Gasteiger partial charge in [-0.2, -0.15) is 0 Å². The molecule has 1 fully saturated rings. The van der Waals surface area contributed by atoms with E-state index >= 15 is 0 Å². The first-order chi connectivity index (χ1) is 8.13. The summed E-state index contributed by atoms with van der Waals surface area (Å²) in [5.41, 5.74) is 5.67. The minimum absolute atomic E-state index is 0.191. The van der Waals surface area contributed by atoms with Crippen LogP contribution in [0.3, 0.4) is 0 Å². The van der Waals surface area contributed by atoms with E-state index in [2.05, 4.69) is 0 Å². The van der Waals surface area contributed by atoms with E-state index in [1.54, 1.807) is 0 Å². The zero-order valence-electron chi connectivity index (χ0n) is 11.2. The lowest BCUT2D eigenvalue weighted by Crippen LogP contribution is -2.37. The van der Waals surface area contributed by atoms with Gasteiger partial charge in [-0.05, 0) is 39.5 Å². The van der Waals surface area contributed by atoms with Gasteiger partial charge in [-0.15, -0.1) is 0 Å². The maximum Gasteiger partial charge on any atom is 0.222 e. The van der Waals surface area contributed by atoms with E-state index in [9.17, 15) is 4.79 Å². The van der Waals surface area contributed by atoms with Gasteiger partial charge in [-0.3, -0.25) is 4.79 Å². The Morgan fingerprint density at radius 1 is 1.59 bits per heavy atom. The number of amides is 1. The second-order valence-electron chi connectivity index (χ2n) is 4.94. The van der Waals surface area contributed by atoms with Gasteiger partial charge in [0.1, 0.15) is 0 Å². The zero-order chi connectivity index (χ0) is 12.7. The molecule has 0 aromatic carbocycles. The number of ether oxygens (including phenoxy) is 1. The lowest BCUT2D eigenvalue weighted by molar-refractivity contribution is -0.132. The molecule has 1 amide bonds. The lowest BCUT2D eigenvalue weighted by atomic mass is 10.1. The fourth-order valence-corrected chi connectivity index (χ4v) is 2.17. The molecule has 4 heteroatoms. The first-order valence-corrected chi connectivity index (χ1v) is 6.78. The Balaban J connectivity index is 2.25. The van der Waals surface area contributed by atoms with Crippen LogP contribution in [0.5, 0.6) is 0 Å². The van der Waals surface area contributed by atoms with Crippen molar-refractivity contribution in [3.05, 3.63) is 0 Å². The smallest absolute Gasteiger partial charge is 0.222 e. The van der Waals surface area contributed by atoms with E-state index in [-0.39, 0.29) is 18.1 Å². The van der Waals surface area contributed by atoms with Crippen LogP contribution in [0.1, 0.15) is 46.0 Å². The normalized spacial score (nSPS) is 21.5. The minimum atomic E-state index is 0.191. The predicted octanol–water partition coefficient (Wildman–Crippen LogP) is 1.53. The van der Waals surface area contributed by atoms with Crippen molar-refractivity contribution < 1.29 is 9.53 Å². The number of carbonyl (C=O) groups is 1. The Bertz CT molecular complexity index is 225. The Hall–Kier alpha value is -0.610. The van der Waals surface area contributed by atoms with E-state index in [4.69, 9.17) is 10.5 Å². The summed E-state index contributed by atoms with van der Waals surface area (Å²) in [5.74, 6) is 0.239. The van der Waals surface area contributed by atoms with Crippen molar-refractivity contribution >= 4 is 5.91 Å². The van der Waals surface area contributed by atoms with Crippen molar-refractivity contribution in [2.75, 3.05) is 19.7 Å². The van der Waals surface area contributed by atoms with Gasteiger partial charge < -0.3 is 15.4 Å². The van der Waals surface area contributed by atoms with E-state index in [0.717, 1.165) is 45.4 Å². The average Bonchev–Trinajstić information content (AvgIpc) is 2.77. The molecule has 1 aliphatic heterocycles. The summed E-state index contributed by atoms with van der Waals surface area (Å²) in [5, 5.41) is 0. The first kappa shape index (κ1) is 14.5. The maximum absolute atomic E-state index is 12.0. The Labute approximate surface area is 104 Å². The van der Waals surface area contributed by atoms with Crippen LogP contribution >= 0.6 is 0 Å². The lowest BCUT2D eigenvalue weighted by Gasteiger charge is -2.24. The van der Waals surface area contributed by atoms with Crippen LogP contribution in [0, 0.1) is 0 Å². The van der Waals surface area contributed by atoms with Crippen LogP contribution in [0.15, 0.2) is 0 Å². The number of hydrogen-bond donors (Lipinski definition) is 1. The molecule has 0 bridgehead atoms. The Morgan fingerprint density at radius 2 is 2.35 bits per heavy atom. The van der Waals surface area contributed by atoms with Gasteiger partial charge in [-0.25, -0.2) is 0 Å². The fraction of sp³-hybridized carbons (Fsp3) is 0.923. The van der Waals surface area contributed by atoms with E-state index in [1.165, 1.54) is 0 Å². The highest BCUT2D eigenvalue weighted by Crippen LogP contribution is 2.14. The van der Waals surface area contributed by atoms with Crippen LogP contribution in [-0.4, -0.2) is 42.6 Å². The number of nitrogens with zero attached hydrogens (tertiary/aromatic N) is 1. The molecule has 0 radical (unpaired) electrons. The van der Waals surface area contributed by atoms with Gasteiger partial charge >= 0.3 is 0 Å².